The van der Waals surface area contributed by atoms with Gasteiger partial charge in [-0.05, 0) is 43.4 Å². The van der Waals surface area contributed by atoms with E-state index in [9.17, 15) is 0 Å². The largest absolute Gasteiger partial charge is 0.497 e. The van der Waals surface area contributed by atoms with Gasteiger partial charge in [-0.2, -0.15) is 4.98 Å². The standard InChI is InChI=1S/C16H21N3O2/c1-11-18-16(21-19-11)6-7-17-14-8-13(9-14)12-4-3-5-15(10-12)20-2/h3-5,10,13-14,17H,6-9H2,1-2H3. The molecule has 112 valence electrons. The first-order valence-corrected chi connectivity index (χ1v) is 7.41. The quantitative estimate of drug-likeness (QED) is 0.884. The van der Waals surface area contributed by atoms with E-state index >= 15 is 0 Å². The number of nitrogens with one attached hydrogen (secondary N) is 1. The summed E-state index contributed by atoms with van der Waals surface area (Å²) in [6, 6.07) is 8.97. The van der Waals surface area contributed by atoms with E-state index in [1.807, 2.05) is 13.0 Å². The van der Waals surface area contributed by atoms with E-state index in [0.717, 1.165) is 18.7 Å². The van der Waals surface area contributed by atoms with Crippen molar-refractivity contribution in [2.75, 3.05) is 13.7 Å². The van der Waals surface area contributed by atoms with Crippen LogP contribution in [0.2, 0.25) is 0 Å². The van der Waals surface area contributed by atoms with Crippen molar-refractivity contribution in [1.82, 2.24) is 15.5 Å². The van der Waals surface area contributed by atoms with Gasteiger partial charge in [0.1, 0.15) is 5.75 Å². The second-order valence-electron chi connectivity index (χ2n) is 5.58. The molecule has 5 nitrogen and oxygen atoms in total. The molecule has 2 aromatic rings. The molecule has 1 N–H and O–H groups in total. The van der Waals surface area contributed by atoms with Crippen LogP contribution in [0, 0.1) is 6.92 Å². The van der Waals surface area contributed by atoms with Gasteiger partial charge in [-0.25, -0.2) is 0 Å². The average Bonchev–Trinajstić information content (AvgIpc) is 2.87. The van der Waals surface area contributed by atoms with Crippen LogP contribution in [0.1, 0.15) is 36.0 Å². The number of benzene rings is 1. The molecule has 1 aromatic carbocycles. The molecule has 0 unspecified atom stereocenters. The Morgan fingerprint density at radius 3 is 2.95 bits per heavy atom. The van der Waals surface area contributed by atoms with Crippen molar-refractivity contribution < 1.29 is 9.26 Å². The predicted octanol–water partition coefficient (Wildman–Crippen LogP) is 2.46. The van der Waals surface area contributed by atoms with Crippen molar-refractivity contribution in [2.24, 2.45) is 0 Å². The van der Waals surface area contributed by atoms with Crippen molar-refractivity contribution >= 4 is 0 Å². The van der Waals surface area contributed by atoms with Gasteiger partial charge in [-0.1, -0.05) is 17.3 Å². The van der Waals surface area contributed by atoms with Crippen LogP contribution in [-0.4, -0.2) is 29.8 Å². The minimum absolute atomic E-state index is 0.588. The average molecular weight is 287 g/mol. The van der Waals surface area contributed by atoms with Crippen molar-refractivity contribution in [3.63, 3.8) is 0 Å². The molecule has 1 aliphatic carbocycles. The molecule has 1 aromatic heterocycles. The van der Waals surface area contributed by atoms with Crippen molar-refractivity contribution in [3.05, 3.63) is 41.5 Å². The number of aryl methyl sites for hydroxylation is 1. The molecular formula is C16H21N3O2. The third kappa shape index (κ3) is 3.42. The maximum atomic E-state index is 5.28. The first-order chi connectivity index (χ1) is 10.2. The highest BCUT2D eigenvalue weighted by Gasteiger charge is 2.29. The lowest BCUT2D eigenvalue weighted by molar-refractivity contribution is 0.286. The highest BCUT2D eigenvalue weighted by Crippen LogP contribution is 2.37. The molecule has 0 atom stereocenters. The lowest BCUT2D eigenvalue weighted by Gasteiger charge is -2.36. The fourth-order valence-corrected chi connectivity index (χ4v) is 2.78. The second kappa shape index (κ2) is 6.26. The van der Waals surface area contributed by atoms with Crippen molar-refractivity contribution in [1.29, 1.82) is 0 Å². The van der Waals surface area contributed by atoms with E-state index in [0.29, 0.717) is 23.7 Å². The maximum absolute atomic E-state index is 5.28. The number of nitrogens with zero attached hydrogens (tertiary/aromatic N) is 2. The number of hydrogen-bond donors (Lipinski definition) is 1. The Balaban J connectivity index is 1.41. The molecule has 1 aliphatic rings. The molecule has 1 heterocycles. The number of hydrogen-bond acceptors (Lipinski definition) is 5. The fourth-order valence-electron chi connectivity index (χ4n) is 2.78. The van der Waals surface area contributed by atoms with E-state index in [1.54, 1.807) is 7.11 Å². The third-order valence-corrected chi connectivity index (χ3v) is 4.04. The Morgan fingerprint density at radius 2 is 2.24 bits per heavy atom. The second-order valence-corrected chi connectivity index (χ2v) is 5.58. The van der Waals surface area contributed by atoms with Crippen LogP contribution in [0.4, 0.5) is 0 Å². The van der Waals surface area contributed by atoms with E-state index in [-0.39, 0.29) is 0 Å². The lowest BCUT2D eigenvalue weighted by atomic mass is 9.76. The van der Waals surface area contributed by atoms with Gasteiger partial charge in [0.05, 0.1) is 7.11 Å². The van der Waals surface area contributed by atoms with Crippen LogP contribution in [0.25, 0.3) is 0 Å². The van der Waals surface area contributed by atoms with Crippen LogP contribution < -0.4 is 10.1 Å². The normalized spacial score (nSPS) is 21.0. The summed E-state index contributed by atoms with van der Waals surface area (Å²) >= 11 is 0. The molecular weight excluding hydrogens is 266 g/mol. The van der Waals surface area contributed by atoms with Gasteiger partial charge in [-0.15, -0.1) is 0 Å². The molecule has 0 bridgehead atoms. The molecule has 0 aliphatic heterocycles. The summed E-state index contributed by atoms with van der Waals surface area (Å²) in [4.78, 5) is 4.20. The lowest BCUT2D eigenvalue weighted by Crippen LogP contribution is -2.40. The Bertz CT molecular complexity index is 591. The van der Waals surface area contributed by atoms with Gasteiger partial charge in [-0.3, -0.25) is 0 Å². The number of aromatic nitrogens is 2. The van der Waals surface area contributed by atoms with E-state index in [2.05, 4.69) is 33.7 Å². The molecule has 1 fully saturated rings. The fraction of sp³-hybridized carbons (Fsp3) is 0.500. The summed E-state index contributed by atoms with van der Waals surface area (Å²) in [5.41, 5.74) is 1.37. The zero-order chi connectivity index (χ0) is 14.7. The van der Waals surface area contributed by atoms with E-state index in [4.69, 9.17) is 9.26 Å². The van der Waals surface area contributed by atoms with Crippen LogP contribution >= 0.6 is 0 Å². The third-order valence-electron chi connectivity index (χ3n) is 4.04. The summed E-state index contributed by atoms with van der Waals surface area (Å²) in [6.45, 7) is 2.72. The molecule has 1 saturated carbocycles. The minimum Gasteiger partial charge on any atom is -0.497 e. The zero-order valence-electron chi connectivity index (χ0n) is 12.5. The molecule has 0 saturated heterocycles. The highest BCUT2D eigenvalue weighted by atomic mass is 16.5. The van der Waals surface area contributed by atoms with Gasteiger partial charge < -0.3 is 14.6 Å². The van der Waals surface area contributed by atoms with E-state index in [1.165, 1.54) is 18.4 Å². The number of methoxy groups -OCH3 is 1. The first-order valence-electron chi connectivity index (χ1n) is 7.41. The van der Waals surface area contributed by atoms with Crippen LogP contribution in [0.15, 0.2) is 28.8 Å². The molecule has 0 amide bonds. The van der Waals surface area contributed by atoms with Gasteiger partial charge in [0.25, 0.3) is 0 Å². The van der Waals surface area contributed by atoms with Crippen LogP contribution in [-0.2, 0) is 6.42 Å². The van der Waals surface area contributed by atoms with E-state index < -0.39 is 0 Å². The molecule has 21 heavy (non-hydrogen) atoms. The Morgan fingerprint density at radius 1 is 1.38 bits per heavy atom. The van der Waals surface area contributed by atoms with Gasteiger partial charge >= 0.3 is 0 Å². The summed E-state index contributed by atoms with van der Waals surface area (Å²) in [7, 11) is 1.71. The van der Waals surface area contributed by atoms with Gasteiger partial charge in [0.2, 0.25) is 5.89 Å². The van der Waals surface area contributed by atoms with Crippen LogP contribution in [0.3, 0.4) is 0 Å². The SMILES string of the molecule is COc1cccc(C2CC(NCCc3nc(C)no3)C2)c1. The van der Waals surface area contributed by atoms with Gasteiger partial charge in [0.15, 0.2) is 5.82 Å². The topological polar surface area (TPSA) is 60.2 Å². The molecule has 0 spiro atoms. The number of rotatable bonds is 6. The number of ether oxygens (including phenoxy) is 1. The Labute approximate surface area is 124 Å². The summed E-state index contributed by atoms with van der Waals surface area (Å²) in [6.07, 6.45) is 3.15. The Hall–Kier alpha value is -1.88. The van der Waals surface area contributed by atoms with Gasteiger partial charge in [0, 0.05) is 19.0 Å². The zero-order valence-corrected chi connectivity index (χ0v) is 12.5. The maximum Gasteiger partial charge on any atom is 0.227 e. The highest BCUT2D eigenvalue weighted by molar-refractivity contribution is 5.32. The summed E-state index contributed by atoms with van der Waals surface area (Å²) in [5.74, 6) is 2.99. The molecule has 0 radical (unpaired) electrons. The van der Waals surface area contributed by atoms with Crippen LogP contribution in [0.5, 0.6) is 5.75 Å². The monoisotopic (exact) mass is 287 g/mol. The predicted molar refractivity (Wildman–Crippen MR) is 79.5 cm³/mol. The van der Waals surface area contributed by atoms with Crippen molar-refractivity contribution in [3.8, 4) is 5.75 Å². The summed E-state index contributed by atoms with van der Waals surface area (Å²) < 4.78 is 10.4. The first kappa shape index (κ1) is 14.1. The molecule has 3 rings (SSSR count). The van der Waals surface area contributed by atoms with Crippen molar-refractivity contribution in [2.45, 2.75) is 38.1 Å². The molecule has 5 heteroatoms. The Kier molecular flexibility index (Phi) is 4.20. The summed E-state index contributed by atoms with van der Waals surface area (Å²) in [5, 5.41) is 7.34. The minimum atomic E-state index is 0.588. The smallest absolute Gasteiger partial charge is 0.227 e.